The molecule has 1 atom stereocenters. The monoisotopic (exact) mass is 290 g/mol. The number of hydrogen-bond donors (Lipinski definition) is 1. The average Bonchev–Trinajstić information content (AvgIpc) is 2.48. The first kappa shape index (κ1) is 14.6. The molecule has 0 spiro atoms. The first-order valence-corrected chi connectivity index (χ1v) is 6.46. The van der Waals surface area contributed by atoms with E-state index in [9.17, 15) is 20.2 Å². The minimum Gasteiger partial charge on any atom is -0.272 e. The summed E-state index contributed by atoms with van der Waals surface area (Å²) in [6.07, 6.45) is 8.94. The second-order valence-electron chi connectivity index (χ2n) is 4.63. The molecule has 0 saturated heterocycles. The van der Waals surface area contributed by atoms with Crippen LogP contribution in [0, 0.1) is 26.1 Å². The van der Waals surface area contributed by atoms with Crippen molar-refractivity contribution in [3.05, 3.63) is 50.6 Å². The Bertz CT molecular complexity index is 612. The van der Waals surface area contributed by atoms with Crippen LogP contribution >= 0.6 is 0 Å². The van der Waals surface area contributed by atoms with Gasteiger partial charge in [-0.2, -0.15) is 5.10 Å². The second kappa shape index (κ2) is 6.60. The standard InChI is InChI=1S/C13H14N4O4/c18-16(19)11-6-7-12(13(8-11)17(20)21)15-14-9-10-4-2-1-3-5-10/h2,4,6-10,15H,1,3,5H2/b14-9+/t10-/m1/s1. The first-order valence-electron chi connectivity index (χ1n) is 6.46. The van der Waals surface area contributed by atoms with Crippen molar-refractivity contribution in [3.63, 3.8) is 0 Å². The van der Waals surface area contributed by atoms with Crippen molar-refractivity contribution in [2.45, 2.75) is 19.3 Å². The molecule has 2 rings (SSSR count). The van der Waals surface area contributed by atoms with Crippen molar-refractivity contribution >= 4 is 23.3 Å². The van der Waals surface area contributed by atoms with Crippen LogP contribution in [-0.2, 0) is 0 Å². The highest BCUT2D eigenvalue weighted by atomic mass is 16.6. The van der Waals surface area contributed by atoms with Crippen LogP contribution in [0.4, 0.5) is 17.1 Å². The summed E-state index contributed by atoms with van der Waals surface area (Å²) in [7, 11) is 0. The fourth-order valence-electron chi connectivity index (χ4n) is 2.04. The number of nitrogens with one attached hydrogen (secondary N) is 1. The maximum absolute atomic E-state index is 10.9. The Labute approximate surface area is 120 Å². The predicted octanol–water partition coefficient (Wildman–Crippen LogP) is 3.26. The third kappa shape index (κ3) is 3.85. The van der Waals surface area contributed by atoms with Crippen LogP contribution in [0.15, 0.2) is 35.5 Å². The molecule has 1 N–H and O–H groups in total. The van der Waals surface area contributed by atoms with E-state index < -0.39 is 9.85 Å². The van der Waals surface area contributed by atoms with E-state index in [-0.39, 0.29) is 23.0 Å². The lowest BCUT2D eigenvalue weighted by molar-refractivity contribution is -0.393. The van der Waals surface area contributed by atoms with Gasteiger partial charge in [-0.1, -0.05) is 12.2 Å². The number of hydrazone groups is 1. The van der Waals surface area contributed by atoms with E-state index in [4.69, 9.17) is 0 Å². The van der Waals surface area contributed by atoms with Gasteiger partial charge in [-0.15, -0.1) is 0 Å². The Kier molecular flexibility index (Phi) is 4.60. The fraction of sp³-hybridized carbons (Fsp3) is 0.308. The van der Waals surface area contributed by atoms with E-state index in [1.54, 1.807) is 6.21 Å². The summed E-state index contributed by atoms with van der Waals surface area (Å²) >= 11 is 0. The predicted molar refractivity (Wildman–Crippen MR) is 78.3 cm³/mol. The highest BCUT2D eigenvalue weighted by Gasteiger charge is 2.19. The zero-order chi connectivity index (χ0) is 15.2. The molecule has 8 heteroatoms. The van der Waals surface area contributed by atoms with E-state index >= 15 is 0 Å². The van der Waals surface area contributed by atoms with Crippen LogP contribution in [0.1, 0.15) is 19.3 Å². The summed E-state index contributed by atoms with van der Waals surface area (Å²) < 4.78 is 0. The molecule has 1 aromatic carbocycles. The zero-order valence-electron chi connectivity index (χ0n) is 11.1. The van der Waals surface area contributed by atoms with E-state index in [1.807, 2.05) is 6.08 Å². The summed E-state index contributed by atoms with van der Waals surface area (Å²) in [6.45, 7) is 0. The van der Waals surface area contributed by atoms with Crippen molar-refractivity contribution in [1.29, 1.82) is 0 Å². The van der Waals surface area contributed by atoms with Gasteiger partial charge in [0, 0.05) is 18.2 Å². The van der Waals surface area contributed by atoms with Crippen LogP contribution in [0.5, 0.6) is 0 Å². The molecule has 21 heavy (non-hydrogen) atoms. The maximum atomic E-state index is 10.9. The number of nitro groups is 2. The number of anilines is 1. The van der Waals surface area contributed by atoms with Gasteiger partial charge in [0.1, 0.15) is 5.69 Å². The van der Waals surface area contributed by atoms with Gasteiger partial charge in [-0.25, -0.2) is 0 Å². The number of nitro benzene ring substituents is 2. The molecule has 0 bridgehead atoms. The lowest BCUT2D eigenvalue weighted by Gasteiger charge is -2.10. The van der Waals surface area contributed by atoms with Crippen molar-refractivity contribution in [2.75, 3.05) is 5.43 Å². The van der Waals surface area contributed by atoms with Crippen LogP contribution in [0.25, 0.3) is 0 Å². The van der Waals surface area contributed by atoms with Gasteiger partial charge in [0.2, 0.25) is 0 Å². The Morgan fingerprint density at radius 3 is 2.71 bits per heavy atom. The number of nitrogens with zero attached hydrogens (tertiary/aromatic N) is 3. The topological polar surface area (TPSA) is 111 Å². The van der Waals surface area contributed by atoms with E-state index in [0.717, 1.165) is 25.3 Å². The number of non-ortho nitro benzene ring substituents is 1. The molecule has 1 aromatic rings. The van der Waals surface area contributed by atoms with Gasteiger partial charge in [0.05, 0.1) is 15.9 Å². The normalized spacial score (nSPS) is 17.8. The van der Waals surface area contributed by atoms with Gasteiger partial charge in [0.15, 0.2) is 0 Å². The molecule has 110 valence electrons. The number of hydrogen-bond acceptors (Lipinski definition) is 6. The number of rotatable bonds is 5. The van der Waals surface area contributed by atoms with Crippen LogP contribution in [-0.4, -0.2) is 16.1 Å². The molecule has 0 radical (unpaired) electrons. The third-order valence-corrected chi connectivity index (χ3v) is 3.13. The summed E-state index contributed by atoms with van der Waals surface area (Å²) in [5.74, 6) is 0.211. The van der Waals surface area contributed by atoms with E-state index in [2.05, 4.69) is 16.6 Å². The van der Waals surface area contributed by atoms with Crippen molar-refractivity contribution in [2.24, 2.45) is 11.0 Å². The Morgan fingerprint density at radius 1 is 1.29 bits per heavy atom. The zero-order valence-corrected chi connectivity index (χ0v) is 11.1. The summed E-state index contributed by atoms with van der Waals surface area (Å²) in [5, 5.41) is 25.6. The van der Waals surface area contributed by atoms with Crippen molar-refractivity contribution < 1.29 is 9.85 Å². The molecule has 0 aromatic heterocycles. The lowest BCUT2D eigenvalue weighted by atomic mass is 9.97. The molecule has 0 amide bonds. The maximum Gasteiger partial charge on any atom is 0.301 e. The Morgan fingerprint density at radius 2 is 2.10 bits per heavy atom. The summed E-state index contributed by atoms with van der Waals surface area (Å²) in [4.78, 5) is 20.2. The molecule has 0 heterocycles. The van der Waals surface area contributed by atoms with Crippen LogP contribution < -0.4 is 5.43 Å². The van der Waals surface area contributed by atoms with Crippen LogP contribution in [0.3, 0.4) is 0 Å². The summed E-state index contributed by atoms with van der Waals surface area (Å²) in [5.41, 5.74) is 2.00. The van der Waals surface area contributed by atoms with Gasteiger partial charge < -0.3 is 0 Å². The molecule has 0 saturated carbocycles. The van der Waals surface area contributed by atoms with Gasteiger partial charge in [0.25, 0.3) is 5.69 Å². The average molecular weight is 290 g/mol. The van der Waals surface area contributed by atoms with Gasteiger partial charge in [-0.3, -0.25) is 25.7 Å². The van der Waals surface area contributed by atoms with Gasteiger partial charge in [-0.05, 0) is 25.3 Å². The number of allylic oxidation sites excluding steroid dienone is 2. The van der Waals surface area contributed by atoms with Crippen LogP contribution in [0.2, 0.25) is 0 Å². The lowest BCUT2D eigenvalue weighted by Crippen LogP contribution is -2.04. The second-order valence-corrected chi connectivity index (χ2v) is 4.63. The molecule has 8 nitrogen and oxygen atoms in total. The SMILES string of the molecule is O=[N+]([O-])c1ccc(N/N=C/[C@@H]2C=CCCC2)c([N+](=O)[O-])c1. The Hall–Kier alpha value is -2.77. The highest BCUT2D eigenvalue weighted by Crippen LogP contribution is 2.28. The molecule has 1 aliphatic carbocycles. The molecule has 0 unspecified atom stereocenters. The smallest absolute Gasteiger partial charge is 0.272 e. The molecular weight excluding hydrogens is 276 g/mol. The summed E-state index contributed by atoms with van der Waals surface area (Å²) in [6, 6.07) is 3.40. The quantitative estimate of drug-likeness (QED) is 0.387. The molecule has 0 aliphatic heterocycles. The molecule has 0 fully saturated rings. The Balaban J connectivity index is 2.13. The number of benzene rings is 1. The highest BCUT2D eigenvalue weighted by molar-refractivity contribution is 5.69. The van der Waals surface area contributed by atoms with E-state index in [1.165, 1.54) is 12.1 Å². The fourth-order valence-corrected chi connectivity index (χ4v) is 2.04. The van der Waals surface area contributed by atoms with Crippen molar-refractivity contribution in [3.8, 4) is 0 Å². The molecule has 1 aliphatic rings. The largest absolute Gasteiger partial charge is 0.301 e. The molecular formula is C13H14N4O4. The third-order valence-electron chi connectivity index (χ3n) is 3.13. The minimum atomic E-state index is -0.675. The van der Waals surface area contributed by atoms with Crippen molar-refractivity contribution in [1.82, 2.24) is 0 Å². The van der Waals surface area contributed by atoms with E-state index in [0.29, 0.717) is 0 Å². The minimum absolute atomic E-state index is 0.127. The van der Waals surface area contributed by atoms with Gasteiger partial charge >= 0.3 is 5.69 Å². The first-order chi connectivity index (χ1) is 10.1.